The lowest BCUT2D eigenvalue weighted by Gasteiger charge is -2.48. The lowest BCUT2D eigenvalue weighted by Crippen LogP contribution is -2.63. The number of aryl methyl sites for hydroxylation is 2. The van der Waals surface area contributed by atoms with Gasteiger partial charge >= 0.3 is 0 Å². The first-order valence-corrected chi connectivity index (χ1v) is 7.17. The van der Waals surface area contributed by atoms with Gasteiger partial charge in [-0.25, -0.2) is 9.97 Å². The van der Waals surface area contributed by atoms with Crippen molar-refractivity contribution in [1.29, 1.82) is 0 Å². The predicted molar refractivity (Wildman–Crippen MR) is 83.2 cm³/mol. The molecular formula is C16H20N4O. The van der Waals surface area contributed by atoms with E-state index in [2.05, 4.69) is 20.6 Å². The highest BCUT2D eigenvalue weighted by atomic mass is 16.3. The van der Waals surface area contributed by atoms with E-state index in [9.17, 15) is 5.11 Å². The Morgan fingerprint density at radius 2 is 1.57 bits per heavy atom. The molecule has 5 heteroatoms. The minimum absolute atomic E-state index is 0.470. The van der Waals surface area contributed by atoms with Crippen LogP contribution in [0.15, 0.2) is 36.7 Å². The van der Waals surface area contributed by atoms with Gasteiger partial charge in [0, 0.05) is 12.4 Å². The standard InChI is InChI=1S/C16H20N4O/c1-11-4-7-17-14(9-11)19-16(6-3-13(16)21)20-15-10-12(2)5-8-18-15/h4-5,7-10,13,21H,3,6H2,1-2H3,(H,17,19)(H,18,20). The molecule has 2 heterocycles. The van der Waals surface area contributed by atoms with Gasteiger partial charge in [-0.3, -0.25) is 0 Å². The molecule has 110 valence electrons. The van der Waals surface area contributed by atoms with Crippen LogP contribution >= 0.6 is 0 Å². The average Bonchev–Trinajstić information content (AvgIpc) is 2.45. The Hall–Kier alpha value is -2.14. The number of nitrogens with zero attached hydrogens (tertiary/aromatic N) is 2. The molecule has 2 aromatic heterocycles. The van der Waals surface area contributed by atoms with Crippen LogP contribution in [0.25, 0.3) is 0 Å². The normalized spacial score (nSPS) is 19.7. The summed E-state index contributed by atoms with van der Waals surface area (Å²) in [6.45, 7) is 4.04. The summed E-state index contributed by atoms with van der Waals surface area (Å²) in [5.74, 6) is 1.52. The first-order chi connectivity index (χ1) is 10.1. The molecule has 0 bridgehead atoms. The number of rotatable bonds is 4. The smallest absolute Gasteiger partial charge is 0.137 e. The van der Waals surface area contributed by atoms with Gasteiger partial charge in [-0.1, -0.05) is 0 Å². The van der Waals surface area contributed by atoms with E-state index in [0.29, 0.717) is 0 Å². The van der Waals surface area contributed by atoms with Crippen molar-refractivity contribution in [2.45, 2.75) is 38.5 Å². The summed E-state index contributed by atoms with van der Waals surface area (Å²) in [5.41, 5.74) is 1.66. The molecule has 3 rings (SSSR count). The van der Waals surface area contributed by atoms with Crippen LogP contribution in [0.3, 0.4) is 0 Å². The molecule has 3 N–H and O–H groups in total. The summed E-state index contributed by atoms with van der Waals surface area (Å²) < 4.78 is 0. The van der Waals surface area contributed by atoms with E-state index in [4.69, 9.17) is 0 Å². The average molecular weight is 284 g/mol. The highest BCUT2D eigenvalue weighted by Gasteiger charge is 2.46. The summed E-state index contributed by atoms with van der Waals surface area (Å²) in [7, 11) is 0. The number of anilines is 2. The van der Waals surface area contributed by atoms with Crippen LogP contribution in [-0.2, 0) is 0 Å². The van der Waals surface area contributed by atoms with Gasteiger partial charge in [0.25, 0.3) is 0 Å². The molecule has 0 aliphatic heterocycles. The molecule has 0 spiro atoms. The number of nitrogens with one attached hydrogen (secondary N) is 2. The second-order valence-electron chi connectivity index (χ2n) is 5.71. The van der Waals surface area contributed by atoms with Crippen molar-refractivity contribution in [3.63, 3.8) is 0 Å². The molecule has 0 aromatic carbocycles. The number of aromatic nitrogens is 2. The van der Waals surface area contributed by atoms with Crippen molar-refractivity contribution in [2.24, 2.45) is 0 Å². The molecule has 21 heavy (non-hydrogen) atoms. The van der Waals surface area contributed by atoms with Crippen molar-refractivity contribution < 1.29 is 5.11 Å². The van der Waals surface area contributed by atoms with Crippen molar-refractivity contribution in [3.8, 4) is 0 Å². The van der Waals surface area contributed by atoms with E-state index in [1.807, 2.05) is 38.1 Å². The molecular weight excluding hydrogens is 264 g/mol. The molecule has 0 radical (unpaired) electrons. The van der Waals surface area contributed by atoms with Crippen molar-refractivity contribution in [2.75, 3.05) is 10.6 Å². The Balaban J connectivity index is 1.83. The summed E-state index contributed by atoms with van der Waals surface area (Å²) >= 11 is 0. The highest BCUT2D eigenvalue weighted by molar-refractivity contribution is 5.49. The zero-order valence-electron chi connectivity index (χ0n) is 12.3. The maximum atomic E-state index is 10.2. The van der Waals surface area contributed by atoms with Crippen LogP contribution in [0.4, 0.5) is 11.6 Å². The molecule has 5 nitrogen and oxygen atoms in total. The summed E-state index contributed by atoms with van der Waals surface area (Å²) in [6.07, 6.45) is 4.64. The largest absolute Gasteiger partial charge is 0.389 e. The Morgan fingerprint density at radius 1 is 1.05 bits per heavy atom. The SMILES string of the molecule is Cc1ccnc(NC2(Nc3cc(C)ccn3)CCC2O)c1. The maximum Gasteiger partial charge on any atom is 0.137 e. The van der Waals surface area contributed by atoms with E-state index < -0.39 is 11.8 Å². The molecule has 0 amide bonds. The van der Waals surface area contributed by atoms with Gasteiger partial charge in [0.1, 0.15) is 17.3 Å². The van der Waals surface area contributed by atoms with Crippen LogP contribution in [0, 0.1) is 13.8 Å². The maximum absolute atomic E-state index is 10.2. The third-order valence-corrected chi connectivity index (χ3v) is 3.91. The predicted octanol–water partition coefficient (Wildman–Crippen LogP) is 2.47. The van der Waals surface area contributed by atoms with Crippen molar-refractivity contribution in [1.82, 2.24) is 9.97 Å². The van der Waals surface area contributed by atoms with Gasteiger partial charge in [-0.05, 0) is 62.1 Å². The van der Waals surface area contributed by atoms with Gasteiger partial charge < -0.3 is 15.7 Å². The minimum atomic E-state index is -0.596. The monoisotopic (exact) mass is 284 g/mol. The van der Waals surface area contributed by atoms with Gasteiger partial charge in [0.05, 0.1) is 6.10 Å². The van der Waals surface area contributed by atoms with E-state index in [0.717, 1.165) is 35.6 Å². The van der Waals surface area contributed by atoms with E-state index in [1.54, 1.807) is 12.4 Å². The molecule has 1 atom stereocenters. The Kier molecular flexibility index (Phi) is 3.51. The number of aliphatic hydroxyl groups is 1. The van der Waals surface area contributed by atoms with Crippen molar-refractivity contribution >= 4 is 11.6 Å². The Labute approximate surface area is 124 Å². The van der Waals surface area contributed by atoms with Crippen LogP contribution in [0.5, 0.6) is 0 Å². The molecule has 0 saturated heterocycles. The molecule has 1 saturated carbocycles. The van der Waals surface area contributed by atoms with E-state index in [-0.39, 0.29) is 0 Å². The lowest BCUT2D eigenvalue weighted by atomic mass is 9.81. The molecule has 1 aliphatic carbocycles. The van der Waals surface area contributed by atoms with Crippen LogP contribution in [0.2, 0.25) is 0 Å². The summed E-state index contributed by atoms with van der Waals surface area (Å²) in [4.78, 5) is 8.63. The molecule has 1 unspecified atom stereocenters. The lowest BCUT2D eigenvalue weighted by molar-refractivity contribution is 0.0279. The van der Waals surface area contributed by atoms with Gasteiger partial charge in [-0.15, -0.1) is 0 Å². The molecule has 2 aromatic rings. The second kappa shape index (κ2) is 5.33. The minimum Gasteiger partial charge on any atom is -0.389 e. The van der Waals surface area contributed by atoms with Crippen LogP contribution < -0.4 is 10.6 Å². The van der Waals surface area contributed by atoms with E-state index >= 15 is 0 Å². The van der Waals surface area contributed by atoms with Gasteiger partial charge in [-0.2, -0.15) is 0 Å². The second-order valence-corrected chi connectivity index (χ2v) is 5.71. The first-order valence-electron chi connectivity index (χ1n) is 7.17. The van der Waals surface area contributed by atoms with Gasteiger partial charge in [0.15, 0.2) is 0 Å². The summed E-state index contributed by atoms with van der Waals surface area (Å²) in [5, 5.41) is 16.9. The fraction of sp³-hybridized carbons (Fsp3) is 0.375. The third-order valence-electron chi connectivity index (χ3n) is 3.91. The fourth-order valence-electron chi connectivity index (χ4n) is 2.55. The number of pyridine rings is 2. The quantitative estimate of drug-likeness (QED) is 0.752. The fourth-order valence-corrected chi connectivity index (χ4v) is 2.55. The first kappa shape index (κ1) is 13.8. The zero-order chi connectivity index (χ0) is 14.9. The Morgan fingerprint density at radius 3 is 1.90 bits per heavy atom. The molecule has 1 fully saturated rings. The third kappa shape index (κ3) is 2.83. The zero-order valence-corrected chi connectivity index (χ0v) is 12.3. The van der Waals surface area contributed by atoms with Crippen molar-refractivity contribution in [3.05, 3.63) is 47.8 Å². The highest BCUT2D eigenvalue weighted by Crippen LogP contribution is 2.36. The summed E-state index contributed by atoms with van der Waals surface area (Å²) in [6, 6.07) is 7.84. The van der Waals surface area contributed by atoms with Crippen LogP contribution in [-0.4, -0.2) is 26.8 Å². The number of hydrogen-bond donors (Lipinski definition) is 3. The number of hydrogen-bond acceptors (Lipinski definition) is 5. The number of aliphatic hydroxyl groups excluding tert-OH is 1. The van der Waals surface area contributed by atoms with Gasteiger partial charge in [0.2, 0.25) is 0 Å². The Bertz CT molecular complexity index is 596. The van der Waals surface area contributed by atoms with Crippen LogP contribution in [0.1, 0.15) is 24.0 Å². The molecule has 1 aliphatic rings. The van der Waals surface area contributed by atoms with E-state index in [1.165, 1.54) is 0 Å². The topological polar surface area (TPSA) is 70.1 Å².